The number of ketones is 1. The van der Waals surface area contributed by atoms with Gasteiger partial charge in [-0.1, -0.05) is 13.8 Å². The molecule has 1 aromatic carbocycles. The Morgan fingerprint density at radius 3 is 2.30 bits per heavy atom. The molecule has 6 nitrogen and oxygen atoms in total. The molecule has 0 N–H and O–H groups in total. The second-order valence-corrected chi connectivity index (χ2v) is 7.48. The molecule has 144 valence electrons. The van der Waals surface area contributed by atoms with Crippen molar-refractivity contribution < 1.29 is 9.18 Å². The SMILES string of the molecule is CC(C)c1nc(N(C)C)nc(N2CCC(C(=O)c3ccc(F)cc3)CC2)n1. The fourth-order valence-corrected chi connectivity index (χ4v) is 3.16. The number of carbonyl (C=O) groups excluding carboxylic acids is 1. The summed E-state index contributed by atoms with van der Waals surface area (Å²) < 4.78 is 13.1. The normalized spacial score (nSPS) is 15.3. The Kier molecular flexibility index (Phi) is 5.68. The second-order valence-electron chi connectivity index (χ2n) is 7.48. The first-order chi connectivity index (χ1) is 12.8. The lowest BCUT2D eigenvalue weighted by Crippen LogP contribution is -2.38. The van der Waals surface area contributed by atoms with E-state index in [-0.39, 0.29) is 23.4 Å². The lowest BCUT2D eigenvalue weighted by atomic mass is 9.89. The Balaban J connectivity index is 1.72. The third-order valence-corrected chi connectivity index (χ3v) is 4.82. The number of benzene rings is 1. The van der Waals surface area contributed by atoms with E-state index in [9.17, 15) is 9.18 Å². The molecule has 0 saturated carbocycles. The van der Waals surface area contributed by atoms with E-state index in [0.29, 0.717) is 30.5 Å². The van der Waals surface area contributed by atoms with E-state index in [1.807, 2.05) is 19.0 Å². The average Bonchev–Trinajstić information content (AvgIpc) is 2.67. The Labute approximate surface area is 159 Å². The van der Waals surface area contributed by atoms with Gasteiger partial charge in [0.05, 0.1) is 0 Å². The summed E-state index contributed by atoms with van der Waals surface area (Å²) in [4.78, 5) is 30.4. The van der Waals surface area contributed by atoms with Crippen LogP contribution in [-0.4, -0.2) is 47.9 Å². The maximum Gasteiger partial charge on any atom is 0.230 e. The van der Waals surface area contributed by atoms with Crippen LogP contribution in [0.2, 0.25) is 0 Å². The zero-order valence-electron chi connectivity index (χ0n) is 16.3. The molecule has 0 bridgehead atoms. The highest BCUT2D eigenvalue weighted by molar-refractivity contribution is 5.97. The number of piperidine rings is 1. The fourth-order valence-electron chi connectivity index (χ4n) is 3.16. The van der Waals surface area contributed by atoms with Gasteiger partial charge in [0.15, 0.2) is 5.78 Å². The van der Waals surface area contributed by atoms with Crippen LogP contribution in [-0.2, 0) is 0 Å². The predicted octanol–water partition coefficient (Wildman–Crippen LogP) is 3.30. The zero-order valence-corrected chi connectivity index (χ0v) is 16.3. The molecular weight excluding hydrogens is 345 g/mol. The molecule has 0 atom stereocenters. The summed E-state index contributed by atoms with van der Waals surface area (Å²) in [7, 11) is 3.83. The Hall–Kier alpha value is -2.57. The van der Waals surface area contributed by atoms with E-state index in [1.54, 1.807) is 12.1 Å². The van der Waals surface area contributed by atoms with Crippen molar-refractivity contribution in [3.05, 3.63) is 41.5 Å². The third-order valence-electron chi connectivity index (χ3n) is 4.82. The first-order valence-electron chi connectivity index (χ1n) is 9.33. The summed E-state index contributed by atoms with van der Waals surface area (Å²) in [5.74, 6) is 2.01. The van der Waals surface area contributed by atoms with Gasteiger partial charge in [-0.3, -0.25) is 4.79 Å². The van der Waals surface area contributed by atoms with E-state index in [1.165, 1.54) is 12.1 Å². The van der Waals surface area contributed by atoms with Gasteiger partial charge in [0.2, 0.25) is 11.9 Å². The van der Waals surface area contributed by atoms with E-state index < -0.39 is 0 Å². The van der Waals surface area contributed by atoms with Crippen molar-refractivity contribution in [2.45, 2.75) is 32.6 Å². The van der Waals surface area contributed by atoms with Crippen LogP contribution in [0.4, 0.5) is 16.3 Å². The Morgan fingerprint density at radius 1 is 1.11 bits per heavy atom. The van der Waals surface area contributed by atoms with Crippen LogP contribution < -0.4 is 9.80 Å². The van der Waals surface area contributed by atoms with Crippen molar-refractivity contribution in [1.82, 2.24) is 15.0 Å². The number of carbonyl (C=O) groups is 1. The largest absolute Gasteiger partial charge is 0.347 e. The molecular formula is C20H26FN5O. The van der Waals surface area contributed by atoms with Gasteiger partial charge in [-0.2, -0.15) is 15.0 Å². The summed E-state index contributed by atoms with van der Waals surface area (Å²) in [6.45, 7) is 5.55. The molecule has 1 aromatic heterocycles. The summed E-state index contributed by atoms with van der Waals surface area (Å²) in [6.07, 6.45) is 1.46. The van der Waals surface area contributed by atoms with Gasteiger partial charge in [0, 0.05) is 44.6 Å². The van der Waals surface area contributed by atoms with Crippen LogP contribution in [0, 0.1) is 11.7 Å². The number of anilines is 2. The topological polar surface area (TPSA) is 62.2 Å². The van der Waals surface area contributed by atoms with E-state index in [2.05, 4.69) is 33.7 Å². The van der Waals surface area contributed by atoms with Crippen molar-refractivity contribution >= 4 is 17.7 Å². The number of aromatic nitrogens is 3. The second kappa shape index (κ2) is 7.98. The van der Waals surface area contributed by atoms with Crippen LogP contribution >= 0.6 is 0 Å². The molecule has 1 fully saturated rings. The van der Waals surface area contributed by atoms with Crippen LogP contribution in [0.1, 0.15) is 48.8 Å². The molecule has 3 rings (SSSR count). The lowest BCUT2D eigenvalue weighted by Gasteiger charge is -2.32. The number of rotatable bonds is 5. The number of hydrogen-bond acceptors (Lipinski definition) is 6. The van der Waals surface area contributed by atoms with Gasteiger partial charge in [-0.15, -0.1) is 0 Å². The number of hydrogen-bond donors (Lipinski definition) is 0. The van der Waals surface area contributed by atoms with Crippen LogP contribution in [0.5, 0.6) is 0 Å². The van der Waals surface area contributed by atoms with Crippen LogP contribution in [0.3, 0.4) is 0 Å². The van der Waals surface area contributed by atoms with E-state index in [0.717, 1.165) is 18.7 Å². The summed E-state index contributed by atoms with van der Waals surface area (Å²) in [5, 5.41) is 0. The van der Waals surface area contributed by atoms with Gasteiger partial charge in [0.1, 0.15) is 11.6 Å². The average molecular weight is 371 g/mol. The van der Waals surface area contributed by atoms with Crippen molar-refractivity contribution in [2.24, 2.45) is 5.92 Å². The number of halogens is 1. The van der Waals surface area contributed by atoms with Crippen molar-refractivity contribution in [1.29, 1.82) is 0 Å². The molecule has 0 spiro atoms. The maximum absolute atomic E-state index is 13.1. The van der Waals surface area contributed by atoms with Gasteiger partial charge in [-0.05, 0) is 37.1 Å². The van der Waals surface area contributed by atoms with Crippen molar-refractivity contribution in [3.8, 4) is 0 Å². The van der Waals surface area contributed by atoms with E-state index >= 15 is 0 Å². The molecule has 1 aliphatic heterocycles. The lowest BCUT2D eigenvalue weighted by molar-refractivity contribution is 0.0900. The first kappa shape index (κ1) is 19.2. The Bertz CT molecular complexity index is 772. The fraction of sp³-hybridized carbons (Fsp3) is 0.500. The number of nitrogens with zero attached hydrogens (tertiary/aromatic N) is 5. The molecule has 1 saturated heterocycles. The van der Waals surface area contributed by atoms with Crippen molar-refractivity contribution in [3.63, 3.8) is 0 Å². The maximum atomic E-state index is 13.1. The van der Waals surface area contributed by atoms with Crippen LogP contribution in [0.15, 0.2) is 24.3 Å². The molecule has 0 unspecified atom stereocenters. The number of Topliss-reactive ketones (excluding diaryl/α,β-unsaturated/α-hetero) is 1. The van der Waals surface area contributed by atoms with Gasteiger partial charge >= 0.3 is 0 Å². The summed E-state index contributed by atoms with van der Waals surface area (Å²) >= 11 is 0. The van der Waals surface area contributed by atoms with Crippen molar-refractivity contribution in [2.75, 3.05) is 37.0 Å². The Morgan fingerprint density at radius 2 is 1.74 bits per heavy atom. The summed E-state index contributed by atoms with van der Waals surface area (Å²) in [5.41, 5.74) is 0.576. The molecule has 2 aromatic rings. The first-order valence-corrected chi connectivity index (χ1v) is 9.33. The highest BCUT2D eigenvalue weighted by Crippen LogP contribution is 2.26. The molecule has 0 radical (unpaired) electrons. The smallest absolute Gasteiger partial charge is 0.230 e. The quantitative estimate of drug-likeness (QED) is 0.752. The molecule has 0 aliphatic carbocycles. The molecule has 2 heterocycles. The van der Waals surface area contributed by atoms with Gasteiger partial charge < -0.3 is 9.80 Å². The minimum atomic E-state index is -0.325. The highest BCUT2D eigenvalue weighted by Gasteiger charge is 2.27. The minimum Gasteiger partial charge on any atom is -0.347 e. The highest BCUT2D eigenvalue weighted by atomic mass is 19.1. The minimum absolute atomic E-state index is 0.0496. The molecule has 7 heteroatoms. The molecule has 1 aliphatic rings. The zero-order chi connectivity index (χ0) is 19.6. The molecule has 0 amide bonds. The van der Waals surface area contributed by atoms with Crippen LogP contribution in [0.25, 0.3) is 0 Å². The monoisotopic (exact) mass is 371 g/mol. The third kappa shape index (κ3) is 4.40. The van der Waals surface area contributed by atoms with Gasteiger partial charge in [0.25, 0.3) is 0 Å². The van der Waals surface area contributed by atoms with Gasteiger partial charge in [-0.25, -0.2) is 4.39 Å². The summed E-state index contributed by atoms with van der Waals surface area (Å²) in [6, 6.07) is 5.80. The molecule has 27 heavy (non-hydrogen) atoms. The predicted molar refractivity (Wildman–Crippen MR) is 104 cm³/mol. The van der Waals surface area contributed by atoms with E-state index in [4.69, 9.17) is 0 Å². The standard InChI is InChI=1S/C20H26FN5O/c1-13(2)18-22-19(25(3)4)24-20(23-18)26-11-9-15(10-12-26)17(27)14-5-7-16(21)8-6-14/h5-8,13,15H,9-12H2,1-4H3.